The van der Waals surface area contributed by atoms with E-state index >= 15 is 0 Å². The third kappa shape index (κ3) is 3.17. The van der Waals surface area contributed by atoms with E-state index in [0.717, 1.165) is 43.2 Å². The van der Waals surface area contributed by atoms with Gasteiger partial charge >= 0.3 is 0 Å². The van der Waals surface area contributed by atoms with Crippen LogP contribution in [0, 0.1) is 13.8 Å². The minimum atomic E-state index is 0.183. The topological polar surface area (TPSA) is 40.8 Å². The molecule has 2 aromatic heterocycles. The molecule has 5 nitrogen and oxygen atoms in total. The number of carbonyl (C=O) groups excluding carboxylic acids is 1. The zero-order valence-electron chi connectivity index (χ0n) is 15.4. The van der Waals surface area contributed by atoms with Crippen molar-refractivity contribution < 1.29 is 4.79 Å². The average Bonchev–Trinajstić information content (AvgIpc) is 2.98. The van der Waals surface area contributed by atoms with Gasteiger partial charge in [0.25, 0.3) is 0 Å². The summed E-state index contributed by atoms with van der Waals surface area (Å²) in [5.74, 6) is 0.183. The van der Waals surface area contributed by atoms with E-state index in [1.165, 1.54) is 11.3 Å². The molecular weight excluding hydrogens is 324 g/mol. The summed E-state index contributed by atoms with van der Waals surface area (Å²) in [5, 5.41) is 0. The molecule has 0 aliphatic carbocycles. The van der Waals surface area contributed by atoms with Gasteiger partial charge in [0.15, 0.2) is 0 Å². The van der Waals surface area contributed by atoms with Crippen LogP contribution in [0.5, 0.6) is 0 Å². The summed E-state index contributed by atoms with van der Waals surface area (Å²) in [7, 11) is 0. The van der Waals surface area contributed by atoms with Gasteiger partial charge in [-0.15, -0.1) is 0 Å². The van der Waals surface area contributed by atoms with Crippen LogP contribution in [0.4, 0.5) is 5.69 Å². The fourth-order valence-electron chi connectivity index (χ4n) is 3.60. The highest BCUT2D eigenvalue weighted by atomic mass is 16.2. The van der Waals surface area contributed by atoms with E-state index in [-0.39, 0.29) is 5.91 Å². The van der Waals surface area contributed by atoms with Gasteiger partial charge in [0.2, 0.25) is 5.91 Å². The van der Waals surface area contributed by atoms with Crippen LogP contribution >= 0.6 is 0 Å². The summed E-state index contributed by atoms with van der Waals surface area (Å²) >= 11 is 0. The number of aryl methyl sites for hydroxylation is 2. The lowest BCUT2D eigenvalue weighted by molar-refractivity contribution is -0.130. The van der Waals surface area contributed by atoms with Crippen molar-refractivity contribution in [3.8, 4) is 0 Å². The first-order chi connectivity index (χ1) is 12.6. The molecule has 3 heterocycles. The molecule has 1 amide bonds. The van der Waals surface area contributed by atoms with Gasteiger partial charge in [-0.05, 0) is 38.1 Å². The highest BCUT2D eigenvalue weighted by Gasteiger charge is 2.23. The van der Waals surface area contributed by atoms with E-state index in [1.54, 1.807) is 0 Å². The Hall–Kier alpha value is -2.82. The molecule has 3 aromatic rings. The van der Waals surface area contributed by atoms with Gasteiger partial charge in [-0.3, -0.25) is 4.79 Å². The molecule has 1 aliphatic rings. The van der Waals surface area contributed by atoms with Crippen molar-refractivity contribution in [3.63, 3.8) is 0 Å². The molecule has 1 saturated heterocycles. The van der Waals surface area contributed by atoms with Crippen molar-refractivity contribution in [1.82, 2.24) is 14.3 Å². The van der Waals surface area contributed by atoms with Crippen LogP contribution in [0.2, 0.25) is 0 Å². The second kappa shape index (κ2) is 6.83. The highest BCUT2D eigenvalue weighted by molar-refractivity contribution is 5.79. The number of hydrogen-bond donors (Lipinski definition) is 0. The minimum absolute atomic E-state index is 0.183. The molecule has 0 unspecified atom stereocenters. The normalized spacial score (nSPS) is 14.8. The number of carbonyl (C=O) groups is 1. The van der Waals surface area contributed by atoms with Crippen molar-refractivity contribution in [3.05, 3.63) is 65.6 Å². The molecule has 4 rings (SSSR count). The van der Waals surface area contributed by atoms with Gasteiger partial charge in [-0.25, -0.2) is 4.98 Å². The van der Waals surface area contributed by atoms with Crippen molar-refractivity contribution in [1.29, 1.82) is 0 Å². The first-order valence-electron chi connectivity index (χ1n) is 9.14. The summed E-state index contributed by atoms with van der Waals surface area (Å²) in [4.78, 5) is 21.7. The molecule has 0 saturated carbocycles. The van der Waals surface area contributed by atoms with Gasteiger partial charge in [0, 0.05) is 38.1 Å². The van der Waals surface area contributed by atoms with Gasteiger partial charge in [-0.1, -0.05) is 23.8 Å². The van der Waals surface area contributed by atoms with Crippen molar-refractivity contribution >= 4 is 17.2 Å². The smallest absolute Gasteiger partial charge is 0.228 e. The van der Waals surface area contributed by atoms with Gasteiger partial charge in [0.1, 0.15) is 5.65 Å². The predicted octanol–water partition coefficient (Wildman–Crippen LogP) is 2.84. The third-order valence-corrected chi connectivity index (χ3v) is 5.18. The lowest BCUT2D eigenvalue weighted by atomic mass is 10.2. The highest BCUT2D eigenvalue weighted by Crippen LogP contribution is 2.18. The largest absolute Gasteiger partial charge is 0.368 e. The average molecular weight is 348 g/mol. The zero-order chi connectivity index (χ0) is 18.1. The zero-order valence-corrected chi connectivity index (χ0v) is 15.4. The Kier molecular flexibility index (Phi) is 4.37. The summed E-state index contributed by atoms with van der Waals surface area (Å²) in [6.45, 7) is 7.36. The van der Waals surface area contributed by atoms with Gasteiger partial charge in [-0.2, -0.15) is 0 Å². The maximum absolute atomic E-state index is 12.8. The van der Waals surface area contributed by atoms with Crippen LogP contribution in [0.3, 0.4) is 0 Å². The van der Waals surface area contributed by atoms with E-state index < -0.39 is 0 Å². The van der Waals surface area contributed by atoms with Crippen LogP contribution in [-0.2, 0) is 11.2 Å². The number of rotatable bonds is 3. The van der Waals surface area contributed by atoms with Crippen LogP contribution < -0.4 is 4.90 Å². The number of anilines is 1. The molecule has 0 radical (unpaired) electrons. The Labute approximate surface area is 153 Å². The van der Waals surface area contributed by atoms with E-state index in [1.807, 2.05) is 40.6 Å². The summed E-state index contributed by atoms with van der Waals surface area (Å²) in [6.07, 6.45) is 2.38. The monoisotopic (exact) mass is 348 g/mol. The van der Waals surface area contributed by atoms with Crippen LogP contribution in [0.25, 0.3) is 5.65 Å². The SMILES string of the molecule is Cc1ccc(N2CCN(C(=O)Cc3c(C)nc4ccccn34)CC2)cc1. The second-order valence-corrected chi connectivity index (χ2v) is 6.95. The first kappa shape index (κ1) is 16.6. The number of imidazole rings is 1. The fourth-order valence-corrected chi connectivity index (χ4v) is 3.60. The lowest BCUT2D eigenvalue weighted by Crippen LogP contribution is -2.49. The maximum Gasteiger partial charge on any atom is 0.228 e. The Morgan fingerprint density at radius 2 is 1.73 bits per heavy atom. The Morgan fingerprint density at radius 1 is 1.00 bits per heavy atom. The summed E-state index contributed by atoms with van der Waals surface area (Å²) < 4.78 is 2.02. The number of hydrogen-bond acceptors (Lipinski definition) is 3. The van der Waals surface area contributed by atoms with Gasteiger partial charge in [0.05, 0.1) is 17.8 Å². The van der Waals surface area contributed by atoms with E-state index in [4.69, 9.17) is 0 Å². The Bertz CT molecular complexity index is 921. The Balaban J connectivity index is 1.42. The Morgan fingerprint density at radius 3 is 2.46 bits per heavy atom. The number of nitrogens with zero attached hydrogens (tertiary/aromatic N) is 4. The predicted molar refractivity (Wildman–Crippen MR) is 104 cm³/mol. The lowest BCUT2D eigenvalue weighted by Gasteiger charge is -2.36. The number of piperazine rings is 1. The number of pyridine rings is 1. The molecule has 5 heteroatoms. The molecule has 1 fully saturated rings. The molecule has 1 aromatic carbocycles. The number of amides is 1. The second-order valence-electron chi connectivity index (χ2n) is 6.95. The van der Waals surface area contributed by atoms with Crippen molar-refractivity contribution in [2.45, 2.75) is 20.3 Å². The number of fused-ring (bicyclic) bond motifs is 1. The molecule has 134 valence electrons. The standard InChI is InChI=1S/C21H24N4O/c1-16-6-8-18(9-7-16)23-11-13-24(14-12-23)21(26)15-19-17(2)22-20-5-3-4-10-25(19)20/h3-10H,11-15H2,1-2H3. The molecule has 26 heavy (non-hydrogen) atoms. The van der Waals surface area contributed by atoms with E-state index in [0.29, 0.717) is 6.42 Å². The molecule has 0 bridgehead atoms. The molecular formula is C21H24N4O. The minimum Gasteiger partial charge on any atom is -0.368 e. The molecule has 0 spiro atoms. The third-order valence-electron chi connectivity index (χ3n) is 5.18. The van der Waals surface area contributed by atoms with Crippen LogP contribution in [0.15, 0.2) is 48.7 Å². The molecule has 0 N–H and O–H groups in total. The van der Waals surface area contributed by atoms with Crippen molar-refractivity contribution in [2.75, 3.05) is 31.1 Å². The van der Waals surface area contributed by atoms with E-state index in [9.17, 15) is 4.79 Å². The maximum atomic E-state index is 12.8. The quantitative estimate of drug-likeness (QED) is 0.731. The molecule has 0 atom stereocenters. The summed E-state index contributed by atoms with van der Waals surface area (Å²) in [5.41, 5.74) is 5.33. The fraction of sp³-hybridized carbons (Fsp3) is 0.333. The number of benzene rings is 1. The van der Waals surface area contributed by atoms with Crippen molar-refractivity contribution in [2.24, 2.45) is 0 Å². The molecule has 1 aliphatic heterocycles. The van der Waals surface area contributed by atoms with Gasteiger partial charge < -0.3 is 14.2 Å². The van der Waals surface area contributed by atoms with E-state index in [2.05, 4.69) is 41.1 Å². The summed E-state index contributed by atoms with van der Waals surface area (Å²) in [6, 6.07) is 14.5. The first-order valence-corrected chi connectivity index (χ1v) is 9.14. The van der Waals surface area contributed by atoms with Crippen LogP contribution in [0.1, 0.15) is 17.0 Å². The van der Waals surface area contributed by atoms with Crippen LogP contribution in [-0.4, -0.2) is 46.4 Å². The number of aromatic nitrogens is 2.